The topological polar surface area (TPSA) is 83.8 Å². The van der Waals surface area contributed by atoms with Gasteiger partial charge in [0, 0.05) is 16.0 Å². The highest BCUT2D eigenvalue weighted by Gasteiger charge is 2.11. The molecule has 35 heavy (non-hydrogen) atoms. The lowest BCUT2D eigenvalue weighted by Crippen LogP contribution is -2.00. The molecule has 0 radical (unpaired) electrons. The van der Waals surface area contributed by atoms with E-state index in [-0.39, 0.29) is 5.75 Å². The summed E-state index contributed by atoms with van der Waals surface area (Å²) >= 11 is 3.27. The first kappa shape index (κ1) is 23.1. The van der Waals surface area contributed by atoms with Crippen LogP contribution in [0.2, 0.25) is 0 Å². The molecular formula is C27H23N5OS2. The van der Waals surface area contributed by atoms with E-state index in [2.05, 4.69) is 81.6 Å². The van der Waals surface area contributed by atoms with E-state index in [9.17, 15) is 5.11 Å². The Labute approximate surface area is 212 Å². The Kier molecular flexibility index (Phi) is 6.83. The summed E-state index contributed by atoms with van der Waals surface area (Å²) in [6.07, 6.45) is 3.32. The van der Waals surface area contributed by atoms with Crippen molar-refractivity contribution in [1.82, 2.24) is 19.9 Å². The molecule has 5 rings (SSSR count). The number of benzene rings is 3. The van der Waals surface area contributed by atoms with Gasteiger partial charge in [-0.05, 0) is 65.8 Å². The summed E-state index contributed by atoms with van der Waals surface area (Å²) in [4.78, 5) is 20.0. The number of rotatable bonds is 7. The van der Waals surface area contributed by atoms with Crippen molar-refractivity contribution in [2.75, 3.05) is 11.1 Å². The molecule has 174 valence electrons. The highest BCUT2D eigenvalue weighted by atomic mass is 32.2. The van der Waals surface area contributed by atoms with Gasteiger partial charge in [0.15, 0.2) is 10.8 Å². The molecule has 0 aliphatic heterocycles. The van der Waals surface area contributed by atoms with Crippen LogP contribution in [0.3, 0.4) is 0 Å². The number of phenolic OH excluding ortho intramolecular Hbond substituents is 1. The molecule has 6 nitrogen and oxygen atoms in total. The van der Waals surface area contributed by atoms with E-state index >= 15 is 0 Å². The van der Waals surface area contributed by atoms with Gasteiger partial charge < -0.3 is 10.4 Å². The number of hydrogen-bond donors (Lipinski definition) is 2. The average molecular weight is 498 g/mol. The highest BCUT2D eigenvalue weighted by Crippen LogP contribution is 2.37. The summed E-state index contributed by atoms with van der Waals surface area (Å²) in [5.41, 5.74) is 4.90. The van der Waals surface area contributed by atoms with Crippen LogP contribution in [0.5, 0.6) is 5.75 Å². The van der Waals surface area contributed by atoms with Crippen molar-refractivity contribution in [3.63, 3.8) is 0 Å². The molecule has 0 unspecified atom stereocenters. The Bertz CT molecular complexity index is 1470. The number of thioether (sulfide) groups is 1. The van der Waals surface area contributed by atoms with Gasteiger partial charge in [0.05, 0.1) is 11.1 Å². The van der Waals surface area contributed by atoms with Gasteiger partial charge in [0.25, 0.3) is 0 Å². The number of nitrogens with zero attached hydrogens (tertiary/aromatic N) is 4. The molecule has 0 aliphatic rings. The van der Waals surface area contributed by atoms with Gasteiger partial charge >= 0.3 is 0 Å². The molecule has 3 aromatic carbocycles. The highest BCUT2D eigenvalue weighted by molar-refractivity contribution is 7.99. The predicted molar refractivity (Wildman–Crippen MR) is 144 cm³/mol. The Hall–Kier alpha value is -3.62. The smallest absolute Gasteiger partial charge is 0.189 e. The Morgan fingerprint density at radius 1 is 0.886 bits per heavy atom. The van der Waals surface area contributed by atoms with E-state index < -0.39 is 0 Å². The molecule has 2 aromatic heterocycles. The number of fused-ring (bicyclic) bond motifs is 1. The minimum absolute atomic E-state index is 0.267. The minimum atomic E-state index is 0.267. The Morgan fingerprint density at radius 2 is 1.63 bits per heavy atom. The first-order chi connectivity index (χ1) is 17.1. The predicted octanol–water partition coefficient (Wildman–Crippen LogP) is 7.11. The lowest BCUT2D eigenvalue weighted by Gasteiger charge is -2.14. The maximum atomic E-state index is 9.53. The maximum Gasteiger partial charge on any atom is 0.189 e. The number of phenols is 1. The fourth-order valence-corrected chi connectivity index (χ4v) is 5.00. The van der Waals surface area contributed by atoms with Crippen molar-refractivity contribution >= 4 is 46.1 Å². The summed E-state index contributed by atoms with van der Waals surface area (Å²) in [7, 11) is 0. The van der Waals surface area contributed by atoms with Crippen molar-refractivity contribution in [3.8, 4) is 16.9 Å². The minimum Gasteiger partial charge on any atom is -0.508 e. The second kappa shape index (κ2) is 10.3. The number of hydrogen-bond acceptors (Lipinski definition) is 8. The van der Waals surface area contributed by atoms with Crippen molar-refractivity contribution in [1.29, 1.82) is 0 Å². The van der Waals surface area contributed by atoms with E-state index in [1.807, 2.05) is 12.1 Å². The quantitative estimate of drug-likeness (QED) is 0.182. The molecule has 0 saturated heterocycles. The normalized spacial score (nSPS) is 11.0. The van der Waals surface area contributed by atoms with Gasteiger partial charge in [-0.25, -0.2) is 19.9 Å². The Morgan fingerprint density at radius 3 is 2.37 bits per heavy atom. The molecule has 0 spiro atoms. The molecule has 0 fully saturated rings. The Balaban J connectivity index is 1.41. The van der Waals surface area contributed by atoms with Gasteiger partial charge in [-0.3, -0.25) is 0 Å². The fraction of sp³-hybridized carbons (Fsp3) is 0.111. The standard InChI is InChI=1S/C27H23N5OS2/c1-3-34-27-28-15-22-25(29-16-30-26(22)32-27)31-23-14-17(2)4-13-24(23)35-21-11-7-19(8-12-21)18-5-9-20(33)10-6-18/h4-16,33H,3H2,1-2H3,(H,28,29,30,31,32). The van der Waals surface area contributed by atoms with Crippen LogP contribution in [0.4, 0.5) is 11.5 Å². The zero-order valence-electron chi connectivity index (χ0n) is 19.3. The van der Waals surface area contributed by atoms with Crippen LogP contribution >= 0.6 is 23.5 Å². The van der Waals surface area contributed by atoms with Crippen LogP contribution < -0.4 is 5.32 Å². The average Bonchev–Trinajstić information content (AvgIpc) is 2.87. The molecule has 2 N–H and O–H groups in total. The first-order valence-corrected chi connectivity index (χ1v) is 12.9. The third kappa shape index (κ3) is 5.39. The molecule has 0 saturated carbocycles. The third-order valence-electron chi connectivity index (χ3n) is 5.31. The third-order valence-corrected chi connectivity index (χ3v) is 7.14. The molecule has 5 aromatic rings. The van der Waals surface area contributed by atoms with Crippen LogP contribution in [-0.4, -0.2) is 30.8 Å². The van der Waals surface area contributed by atoms with Crippen LogP contribution in [0, 0.1) is 6.92 Å². The van der Waals surface area contributed by atoms with Crippen LogP contribution in [0.15, 0.2) is 94.2 Å². The molecule has 0 bridgehead atoms. The van der Waals surface area contributed by atoms with E-state index in [1.165, 1.54) is 6.33 Å². The number of nitrogens with one attached hydrogen (secondary N) is 1. The largest absolute Gasteiger partial charge is 0.508 e. The number of anilines is 2. The molecule has 0 amide bonds. The molecule has 0 atom stereocenters. The second-order valence-corrected chi connectivity index (χ2v) is 10.2. The SMILES string of the molecule is CCSc1ncc2c(Nc3cc(C)ccc3Sc3ccc(-c4ccc(O)cc4)cc3)ncnc2n1. The summed E-state index contributed by atoms with van der Waals surface area (Å²) < 4.78 is 0. The van der Waals surface area contributed by atoms with Crippen molar-refractivity contribution < 1.29 is 5.11 Å². The van der Waals surface area contributed by atoms with Crippen molar-refractivity contribution in [2.24, 2.45) is 0 Å². The summed E-state index contributed by atoms with van der Waals surface area (Å²) in [5, 5.41) is 14.5. The second-order valence-electron chi connectivity index (χ2n) is 7.84. The number of aryl methyl sites for hydroxylation is 1. The van der Waals surface area contributed by atoms with Gasteiger partial charge in [-0.15, -0.1) is 0 Å². The van der Waals surface area contributed by atoms with E-state index in [4.69, 9.17) is 0 Å². The molecule has 8 heteroatoms. The molecule has 0 aliphatic carbocycles. The van der Waals surface area contributed by atoms with Gasteiger partial charge in [-0.1, -0.05) is 60.8 Å². The van der Waals surface area contributed by atoms with Crippen LogP contribution in [0.1, 0.15) is 12.5 Å². The molecule has 2 heterocycles. The fourth-order valence-electron chi connectivity index (χ4n) is 3.59. The van der Waals surface area contributed by atoms with Crippen molar-refractivity contribution in [3.05, 3.63) is 84.8 Å². The maximum absolute atomic E-state index is 9.53. The van der Waals surface area contributed by atoms with Gasteiger partial charge in [-0.2, -0.15) is 0 Å². The first-order valence-electron chi connectivity index (χ1n) is 11.1. The monoisotopic (exact) mass is 497 g/mol. The van der Waals surface area contributed by atoms with E-state index in [0.29, 0.717) is 16.6 Å². The summed E-state index contributed by atoms with van der Waals surface area (Å²) in [6.45, 7) is 4.14. The zero-order chi connectivity index (χ0) is 24.2. The van der Waals surface area contributed by atoms with Crippen molar-refractivity contribution in [2.45, 2.75) is 28.8 Å². The number of aromatic nitrogens is 4. The van der Waals surface area contributed by atoms with Gasteiger partial charge in [0.1, 0.15) is 17.9 Å². The molecular weight excluding hydrogens is 474 g/mol. The van der Waals surface area contributed by atoms with E-state index in [1.54, 1.807) is 41.9 Å². The van der Waals surface area contributed by atoms with Crippen LogP contribution in [-0.2, 0) is 0 Å². The number of aromatic hydroxyl groups is 1. The van der Waals surface area contributed by atoms with Crippen LogP contribution in [0.25, 0.3) is 22.2 Å². The zero-order valence-corrected chi connectivity index (χ0v) is 20.9. The van der Waals surface area contributed by atoms with E-state index in [0.717, 1.165) is 43.3 Å². The summed E-state index contributed by atoms with van der Waals surface area (Å²) in [5.74, 6) is 1.85. The summed E-state index contributed by atoms with van der Waals surface area (Å²) in [6, 6.07) is 22.0. The lowest BCUT2D eigenvalue weighted by atomic mass is 10.1. The lowest BCUT2D eigenvalue weighted by molar-refractivity contribution is 0.475. The van der Waals surface area contributed by atoms with Gasteiger partial charge in [0.2, 0.25) is 0 Å².